The molecule has 0 saturated carbocycles. The van der Waals surface area contributed by atoms with Gasteiger partial charge in [0.1, 0.15) is 17.2 Å². The zero-order valence-corrected chi connectivity index (χ0v) is 26.4. The van der Waals surface area contributed by atoms with E-state index >= 15 is 4.79 Å². The van der Waals surface area contributed by atoms with E-state index in [-0.39, 0.29) is 17.5 Å². The highest BCUT2D eigenvalue weighted by Gasteiger charge is 2.70. The number of benzene rings is 4. The van der Waals surface area contributed by atoms with Gasteiger partial charge in [-0.2, -0.15) is 0 Å². The van der Waals surface area contributed by atoms with Gasteiger partial charge in [-0.25, -0.2) is 0 Å². The van der Waals surface area contributed by atoms with Crippen molar-refractivity contribution in [1.82, 2.24) is 0 Å². The summed E-state index contributed by atoms with van der Waals surface area (Å²) in [5.41, 5.74) is 3.62. The van der Waals surface area contributed by atoms with E-state index < -0.39 is 29.4 Å². The van der Waals surface area contributed by atoms with Gasteiger partial charge in [0.25, 0.3) is 0 Å². The number of amides is 1. The van der Waals surface area contributed by atoms with Gasteiger partial charge >= 0.3 is 5.97 Å². The molecule has 3 aliphatic heterocycles. The summed E-state index contributed by atoms with van der Waals surface area (Å²) < 4.78 is 5.22. The molecular weight excluding hydrogens is 588 g/mol. The van der Waals surface area contributed by atoms with E-state index in [0.717, 1.165) is 42.5 Å². The lowest BCUT2D eigenvalue weighted by atomic mass is 9.64. The summed E-state index contributed by atoms with van der Waals surface area (Å²) >= 11 is 0. The Morgan fingerprint density at radius 3 is 2.26 bits per heavy atom. The van der Waals surface area contributed by atoms with Crippen molar-refractivity contribution in [1.29, 1.82) is 0 Å². The monoisotopic (exact) mass is 624 g/mol. The number of esters is 1. The highest BCUT2D eigenvalue weighted by atomic mass is 16.5. The molecule has 4 aromatic carbocycles. The number of anilines is 2. The molecule has 7 rings (SSSR count). The molecule has 1 saturated heterocycles. The van der Waals surface area contributed by atoms with Crippen molar-refractivity contribution < 1.29 is 23.9 Å². The van der Waals surface area contributed by atoms with Gasteiger partial charge in [-0.05, 0) is 65.9 Å². The molecule has 1 fully saturated rings. The van der Waals surface area contributed by atoms with E-state index in [1.165, 1.54) is 6.92 Å². The summed E-state index contributed by atoms with van der Waals surface area (Å²) in [6.45, 7) is 3.49. The number of carbonyl (C=O) groups is 4. The Hall–Kier alpha value is -5.30. The molecule has 7 nitrogen and oxygen atoms in total. The van der Waals surface area contributed by atoms with Crippen molar-refractivity contribution in [2.75, 3.05) is 10.2 Å². The molecule has 1 N–H and O–H groups in total. The molecule has 0 radical (unpaired) electrons. The fraction of sp³-hybridized carbons (Fsp3) is 0.250. The van der Waals surface area contributed by atoms with Crippen molar-refractivity contribution >= 4 is 40.9 Å². The lowest BCUT2D eigenvalue weighted by Crippen LogP contribution is -2.51. The summed E-state index contributed by atoms with van der Waals surface area (Å²) in [7, 11) is 0. The zero-order chi connectivity index (χ0) is 32.7. The maximum Gasteiger partial charge on any atom is 0.308 e. The number of nitrogens with one attached hydrogen (secondary N) is 1. The van der Waals surface area contributed by atoms with Crippen LogP contribution in [-0.4, -0.2) is 35.5 Å². The maximum absolute atomic E-state index is 15.1. The van der Waals surface area contributed by atoms with Crippen LogP contribution in [0.5, 0.6) is 5.75 Å². The molecule has 236 valence electrons. The third-order valence-corrected chi connectivity index (χ3v) is 9.80. The number of ketones is 2. The summed E-state index contributed by atoms with van der Waals surface area (Å²) in [6, 6.07) is 27.6. The Morgan fingerprint density at radius 2 is 1.51 bits per heavy atom. The van der Waals surface area contributed by atoms with Crippen LogP contribution in [0.2, 0.25) is 0 Å². The first-order chi connectivity index (χ1) is 22.8. The minimum Gasteiger partial charge on any atom is -0.427 e. The average Bonchev–Trinajstić information content (AvgIpc) is 3.56. The number of unbranched alkanes of at least 4 members (excludes halogenated alkanes) is 2. The molecule has 47 heavy (non-hydrogen) atoms. The molecule has 7 heteroatoms. The number of carbonyl (C=O) groups excluding carboxylic acids is 4. The predicted octanol–water partition coefficient (Wildman–Crippen LogP) is 7.20. The van der Waals surface area contributed by atoms with Crippen molar-refractivity contribution in [2.24, 2.45) is 5.92 Å². The fourth-order valence-corrected chi connectivity index (χ4v) is 7.74. The van der Waals surface area contributed by atoms with Gasteiger partial charge in [0, 0.05) is 29.4 Å². The number of aryl methyl sites for hydroxylation is 1. The van der Waals surface area contributed by atoms with Crippen molar-refractivity contribution in [2.45, 2.75) is 57.0 Å². The minimum atomic E-state index is -1.38. The molecule has 3 heterocycles. The van der Waals surface area contributed by atoms with Crippen LogP contribution in [0.3, 0.4) is 0 Å². The summed E-state index contributed by atoms with van der Waals surface area (Å²) in [5.74, 6) is -2.05. The smallest absolute Gasteiger partial charge is 0.308 e. The first-order valence-electron chi connectivity index (χ1n) is 16.3. The number of fused-ring (bicyclic) bond motifs is 6. The first-order valence-corrected chi connectivity index (χ1v) is 16.3. The van der Waals surface area contributed by atoms with Crippen LogP contribution in [-0.2, 0) is 21.4 Å². The van der Waals surface area contributed by atoms with Crippen LogP contribution in [0.25, 0.3) is 6.08 Å². The maximum atomic E-state index is 15.1. The third kappa shape index (κ3) is 4.97. The molecule has 0 unspecified atom stereocenters. The van der Waals surface area contributed by atoms with Gasteiger partial charge in [0.05, 0.1) is 12.0 Å². The van der Waals surface area contributed by atoms with Crippen molar-refractivity contribution in [3.05, 3.63) is 131 Å². The normalized spacial score (nSPS) is 22.0. The molecule has 0 aromatic heterocycles. The van der Waals surface area contributed by atoms with Gasteiger partial charge in [0.15, 0.2) is 11.6 Å². The van der Waals surface area contributed by atoms with Crippen LogP contribution in [0.15, 0.2) is 103 Å². The summed E-state index contributed by atoms with van der Waals surface area (Å²) in [6.07, 6.45) is 8.21. The van der Waals surface area contributed by atoms with Crippen LogP contribution in [0.4, 0.5) is 11.4 Å². The fourth-order valence-electron chi connectivity index (χ4n) is 7.74. The SMILES string of the molecule is CCCCCc1ccc(C(=O)[C@H]2[C@@H](C(=O)c3ccc(OC(C)=O)cc3)N3c4ccccc4C=C[C@@H]3[C@]23C(=O)Nc2ccccc23)cc1. The van der Waals surface area contributed by atoms with E-state index in [0.29, 0.717) is 28.1 Å². The molecule has 4 aromatic rings. The van der Waals surface area contributed by atoms with E-state index in [1.54, 1.807) is 24.3 Å². The van der Waals surface area contributed by atoms with Crippen molar-refractivity contribution in [3.63, 3.8) is 0 Å². The molecule has 0 bridgehead atoms. The third-order valence-electron chi connectivity index (χ3n) is 9.80. The number of ether oxygens (including phenoxy) is 1. The predicted molar refractivity (Wildman–Crippen MR) is 182 cm³/mol. The number of nitrogens with zero attached hydrogens (tertiary/aromatic N) is 1. The summed E-state index contributed by atoms with van der Waals surface area (Å²) in [5, 5.41) is 3.07. The van der Waals surface area contributed by atoms with Crippen LogP contribution >= 0.6 is 0 Å². The first kappa shape index (κ1) is 30.4. The Morgan fingerprint density at radius 1 is 0.830 bits per heavy atom. The minimum absolute atomic E-state index is 0.257. The number of hydrogen-bond acceptors (Lipinski definition) is 6. The second-order valence-electron chi connectivity index (χ2n) is 12.6. The van der Waals surface area contributed by atoms with E-state index in [1.807, 2.05) is 89.8 Å². The van der Waals surface area contributed by atoms with Gasteiger partial charge in [0.2, 0.25) is 5.91 Å². The van der Waals surface area contributed by atoms with E-state index in [4.69, 9.17) is 4.74 Å². The lowest BCUT2D eigenvalue weighted by Gasteiger charge is -2.37. The second-order valence-corrected chi connectivity index (χ2v) is 12.6. The summed E-state index contributed by atoms with van der Waals surface area (Å²) in [4.78, 5) is 58.0. The van der Waals surface area contributed by atoms with Crippen LogP contribution < -0.4 is 15.0 Å². The highest BCUT2D eigenvalue weighted by molar-refractivity contribution is 6.18. The highest BCUT2D eigenvalue weighted by Crippen LogP contribution is 2.58. The van der Waals surface area contributed by atoms with Gasteiger partial charge in [-0.1, -0.05) is 92.6 Å². The second kappa shape index (κ2) is 12.1. The van der Waals surface area contributed by atoms with E-state index in [2.05, 4.69) is 12.2 Å². The Bertz CT molecular complexity index is 1910. The van der Waals surface area contributed by atoms with Crippen LogP contribution in [0.1, 0.15) is 70.5 Å². The van der Waals surface area contributed by atoms with Gasteiger partial charge < -0.3 is 15.0 Å². The standard InChI is InChI=1S/C40H36N2O5/c1-3-4-5-10-26-15-17-28(18-16-26)37(44)35-36(38(45)29-19-22-30(23-20-29)47-25(2)43)42-33-14-9-6-11-27(33)21-24-34(42)40(35)31-12-7-8-13-32(31)41-39(40)46/h6-9,11-24,34-36H,3-5,10H2,1-2H3,(H,41,46)/t34-,35-,36+,40+/m1/s1. The number of rotatable bonds is 9. The average molecular weight is 625 g/mol. The molecule has 3 aliphatic rings. The van der Waals surface area contributed by atoms with E-state index in [9.17, 15) is 14.4 Å². The molecule has 1 spiro atoms. The molecule has 0 aliphatic carbocycles. The largest absolute Gasteiger partial charge is 0.427 e. The lowest BCUT2D eigenvalue weighted by molar-refractivity contribution is -0.131. The zero-order valence-electron chi connectivity index (χ0n) is 26.4. The number of para-hydroxylation sites is 2. The van der Waals surface area contributed by atoms with Crippen LogP contribution in [0, 0.1) is 5.92 Å². The molecule has 1 amide bonds. The number of Topliss-reactive ketones (excluding diaryl/α,β-unsaturated/α-hetero) is 2. The topological polar surface area (TPSA) is 92.8 Å². The molecule has 4 atom stereocenters. The Labute approximate surface area is 274 Å². The van der Waals surface area contributed by atoms with Gasteiger partial charge in [-0.3, -0.25) is 19.2 Å². The number of hydrogen-bond donors (Lipinski definition) is 1. The Balaban J connectivity index is 1.41. The quantitative estimate of drug-likeness (QED) is 0.0917. The Kier molecular flexibility index (Phi) is 7.84. The molecular formula is C40H36N2O5. The van der Waals surface area contributed by atoms with Crippen molar-refractivity contribution in [3.8, 4) is 5.75 Å². The van der Waals surface area contributed by atoms with Gasteiger partial charge in [-0.15, -0.1) is 0 Å².